The number of nitrogens with one attached hydrogen (secondary N) is 1. The monoisotopic (exact) mass is 869 g/mol. The highest BCUT2D eigenvalue weighted by atomic mass is 35.5. The van der Waals surface area contributed by atoms with Gasteiger partial charge in [-0.25, -0.2) is 13.8 Å². The predicted molar refractivity (Wildman–Crippen MR) is 235 cm³/mol. The van der Waals surface area contributed by atoms with E-state index >= 15 is 8.78 Å². The van der Waals surface area contributed by atoms with Crippen LogP contribution in [0.3, 0.4) is 0 Å². The molecule has 1 atom stereocenters. The van der Waals surface area contributed by atoms with Gasteiger partial charge >= 0.3 is 0 Å². The molecule has 62 heavy (non-hydrogen) atoms. The Balaban J connectivity index is 0.900. The minimum Gasteiger partial charge on any atom is -0.383 e. The molecule has 2 saturated heterocycles. The Kier molecular flexibility index (Phi) is 14.5. The quantitative estimate of drug-likeness (QED) is 0.125. The molecule has 2 aromatic heterocycles. The molecule has 0 saturated carbocycles. The van der Waals surface area contributed by atoms with Gasteiger partial charge in [0.25, 0.3) is 11.8 Å². The van der Waals surface area contributed by atoms with E-state index in [2.05, 4.69) is 56.4 Å². The summed E-state index contributed by atoms with van der Waals surface area (Å²) in [4.78, 5) is 53.3. The van der Waals surface area contributed by atoms with Crippen LogP contribution in [0.2, 0.25) is 5.02 Å². The molecular formula is C46H54ClF2N9O4. The molecule has 0 spiro atoms. The van der Waals surface area contributed by atoms with Crippen LogP contribution in [-0.4, -0.2) is 129 Å². The maximum absolute atomic E-state index is 15.6. The fourth-order valence-electron chi connectivity index (χ4n) is 8.27. The summed E-state index contributed by atoms with van der Waals surface area (Å²) >= 11 is 6.61. The number of anilines is 1. The minimum absolute atomic E-state index is 0.0504. The molecule has 3 amide bonds. The van der Waals surface area contributed by atoms with E-state index in [4.69, 9.17) is 16.3 Å². The molecule has 7 rings (SSSR count). The molecule has 1 unspecified atom stereocenters. The molecule has 2 fully saturated rings. The molecule has 5 aromatic rings. The van der Waals surface area contributed by atoms with Crippen LogP contribution in [0.5, 0.6) is 0 Å². The summed E-state index contributed by atoms with van der Waals surface area (Å²) in [6.45, 7) is 12.2. The van der Waals surface area contributed by atoms with Crippen LogP contribution >= 0.6 is 11.6 Å². The van der Waals surface area contributed by atoms with Crippen molar-refractivity contribution in [2.24, 2.45) is 13.0 Å². The average Bonchev–Trinajstić information content (AvgIpc) is 3.85. The topological polar surface area (TPSA) is 121 Å². The summed E-state index contributed by atoms with van der Waals surface area (Å²) in [5.41, 5.74) is 3.12. The lowest BCUT2D eigenvalue weighted by molar-refractivity contribution is -0.137. The van der Waals surface area contributed by atoms with Crippen LogP contribution < -0.4 is 5.32 Å². The molecule has 0 radical (unpaired) electrons. The minimum atomic E-state index is -1.08. The van der Waals surface area contributed by atoms with Crippen LogP contribution in [0.15, 0.2) is 73.1 Å². The Hall–Kier alpha value is -5.48. The molecule has 0 bridgehead atoms. The van der Waals surface area contributed by atoms with E-state index < -0.39 is 17.5 Å². The Morgan fingerprint density at radius 2 is 1.53 bits per heavy atom. The average molecular weight is 870 g/mol. The third-order valence-corrected chi connectivity index (χ3v) is 12.3. The SMILES string of the molecule is CCC(CCN1CCN(Cc2ccccc2)CC1)C(=O)N1CCN(C(=O)c2ccc(NC(=O)c3ncc(-c4ccc(-c5cn(CCOC)nc5C)c(F)c4F)n3C)cc2Cl)CC1. The van der Waals surface area contributed by atoms with Crippen LogP contribution in [0.1, 0.15) is 52.0 Å². The number of amides is 3. The van der Waals surface area contributed by atoms with Gasteiger partial charge in [-0.1, -0.05) is 54.9 Å². The number of imidazole rings is 1. The first-order valence-corrected chi connectivity index (χ1v) is 21.5. The second-order valence-corrected chi connectivity index (χ2v) is 16.4. The molecule has 16 heteroatoms. The van der Waals surface area contributed by atoms with E-state index in [9.17, 15) is 14.4 Å². The number of methoxy groups -OCH3 is 1. The van der Waals surface area contributed by atoms with Crippen molar-refractivity contribution in [1.82, 2.24) is 38.9 Å². The van der Waals surface area contributed by atoms with Gasteiger partial charge in [0.05, 0.1) is 41.3 Å². The molecule has 1 N–H and O–H groups in total. The molecule has 3 aromatic carbocycles. The Morgan fingerprint density at radius 1 is 0.855 bits per heavy atom. The number of aromatic nitrogens is 4. The first-order chi connectivity index (χ1) is 29.9. The van der Waals surface area contributed by atoms with Gasteiger partial charge in [0.2, 0.25) is 5.91 Å². The number of aryl methyl sites for hydroxylation is 1. The van der Waals surface area contributed by atoms with Crippen LogP contribution in [0.25, 0.3) is 22.4 Å². The number of benzene rings is 3. The number of ether oxygens (including phenoxy) is 1. The van der Waals surface area contributed by atoms with Crippen molar-refractivity contribution in [3.05, 3.63) is 112 Å². The van der Waals surface area contributed by atoms with Crippen molar-refractivity contribution in [3.63, 3.8) is 0 Å². The third kappa shape index (κ3) is 10.1. The number of nitrogens with zero attached hydrogens (tertiary/aromatic N) is 8. The molecule has 2 aliphatic heterocycles. The van der Waals surface area contributed by atoms with Crippen molar-refractivity contribution in [2.45, 2.75) is 39.8 Å². The van der Waals surface area contributed by atoms with Crippen molar-refractivity contribution in [1.29, 1.82) is 0 Å². The standard InChI is InChI=1S/C46H54ClF2N9O4/c1-5-33(15-16-54-17-19-55(20-18-54)29-32-9-7-6-8-10-32)45(60)56-21-23-57(24-22-56)46(61)36-12-11-34(27-39(36)47)51-44(59)43-50-28-40(53(43)3)37-14-13-35(41(48)42(37)49)38-30-58(25-26-62-4)52-31(38)2/h6-14,27-28,30,33H,5,15-26,29H2,1-4H3,(H,51,59). The summed E-state index contributed by atoms with van der Waals surface area (Å²) in [5.74, 6) is -2.97. The summed E-state index contributed by atoms with van der Waals surface area (Å²) in [6, 6.07) is 18.1. The van der Waals surface area contributed by atoms with Crippen LogP contribution in [-0.2, 0) is 29.7 Å². The number of halogens is 3. The van der Waals surface area contributed by atoms with E-state index in [-0.39, 0.29) is 51.0 Å². The van der Waals surface area contributed by atoms with Gasteiger partial charge < -0.3 is 29.3 Å². The van der Waals surface area contributed by atoms with Crippen LogP contribution in [0, 0.1) is 24.5 Å². The number of hydrogen-bond acceptors (Lipinski definition) is 8. The smallest absolute Gasteiger partial charge is 0.291 e. The van der Waals surface area contributed by atoms with Crippen molar-refractivity contribution < 1.29 is 27.9 Å². The van der Waals surface area contributed by atoms with Crippen molar-refractivity contribution >= 4 is 35.0 Å². The van der Waals surface area contributed by atoms with Gasteiger partial charge in [0.1, 0.15) is 0 Å². The molecule has 0 aliphatic carbocycles. The Labute approximate surface area is 366 Å². The van der Waals surface area contributed by atoms with Gasteiger partial charge in [-0.2, -0.15) is 5.10 Å². The lowest BCUT2D eigenvalue weighted by atomic mass is 9.99. The summed E-state index contributed by atoms with van der Waals surface area (Å²) < 4.78 is 39.2. The van der Waals surface area contributed by atoms with Gasteiger partial charge in [-0.05, 0) is 56.1 Å². The highest BCUT2D eigenvalue weighted by Gasteiger charge is 2.30. The zero-order chi connectivity index (χ0) is 43.9. The third-order valence-electron chi connectivity index (χ3n) is 12.0. The van der Waals surface area contributed by atoms with Crippen LogP contribution in [0.4, 0.5) is 14.5 Å². The van der Waals surface area contributed by atoms with Gasteiger partial charge in [0.15, 0.2) is 17.5 Å². The normalized spacial score (nSPS) is 15.5. The predicted octanol–water partition coefficient (Wildman–Crippen LogP) is 6.61. The van der Waals surface area contributed by atoms with Gasteiger partial charge in [0, 0.05) is 108 Å². The van der Waals surface area contributed by atoms with E-state index in [0.717, 1.165) is 52.1 Å². The zero-order valence-corrected chi connectivity index (χ0v) is 36.5. The van der Waals surface area contributed by atoms with E-state index in [1.165, 1.54) is 41.6 Å². The van der Waals surface area contributed by atoms with E-state index in [0.29, 0.717) is 56.3 Å². The molecular weight excluding hydrogens is 816 g/mol. The van der Waals surface area contributed by atoms with Gasteiger partial charge in [-0.15, -0.1) is 0 Å². The number of carbonyl (C=O) groups excluding carboxylic acids is 3. The highest BCUT2D eigenvalue weighted by molar-refractivity contribution is 6.34. The number of piperazine rings is 2. The van der Waals surface area contributed by atoms with Crippen molar-refractivity contribution in [2.75, 3.05) is 77.9 Å². The second kappa shape index (κ2) is 20.1. The number of rotatable bonds is 15. The van der Waals surface area contributed by atoms with Gasteiger partial charge in [-0.3, -0.25) is 24.0 Å². The molecule has 13 nitrogen and oxygen atoms in total. The number of hydrogen-bond donors (Lipinski definition) is 1. The largest absolute Gasteiger partial charge is 0.383 e. The fourth-order valence-corrected chi connectivity index (χ4v) is 8.53. The lowest BCUT2D eigenvalue weighted by Gasteiger charge is -2.37. The first-order valence-electron chi connectivity index (χ1n) is 21.2. The lowest BCUT2D eigenvalue weighted by Crippen LogP contribution is -2.52. The maximum atomic E-state index is 15.6. The Morgan fingerprint density at radius 3 is 2.23 bits per heavy atom. The maximum Gasteiger partial charge on any atom is 0.291 e. The number of carbonyl (C=O) groups is 3. The molecule has 328 valence electrons. The fraction of sp³-hybridized carbons (Fsp3) is 0.413. The second-order valence-electron chi connectivity index (χ2n) is 16.0. The summed E-state index contributed by atoms with van der Waals surface area (Å²) in [5, 5.41) is 7.26. The van der Waals surface area contributed by atoms with Crippen molar-refractivity contribution in [3.8, 4) is 22.4 Å². The molecule has 2 aliphatic rings. The summed E-state index contributed by atoms with van der Waals surface area (Å²) in [7, 11) is 3.11. The summed E-state index contributed by atoms with van der Waals surface area (Å²) in [6.07, 6.45) is 4.53. The molecule has 4 heterocycles. The van der Waals surface area contributed by atoms with E-state index in [1.54, 1.807) is 41.9 Å². The Bertz CT molecular complexity index is 2370. The first kappa shape index (κ1) is 44.6. The zero-order valence-electron chi connectivity index (χ0n) is 35.7. The highest BCUT2D eigenvalue weighted by Crippen LogP contribution is 2.33. The van der Waals surface area contributed by atoms with E-state index in [1.807, 2.05) is 11.0 Å².